The van der Waals surface area contributed by atoms with E-state index in [9.17, 15) is 9.59 Å². The Hall–Kier alpha value is -2.50. The van der Waals surface area contributed by atoms with E-state index in [-0.39, 0.29) is 17.9 Å². The van der Waals surface area contributed by atoms with Crippen molar-refractivity contribution in [2.45, 2.75) is 45.7 Å². The number of furan rings is 2. The van der Waals surface area contributed by atoms with Crippen molar-refractivity contribution in [1.82, 2.24) is 10.2 Å². The fraction of sp³-hybridized carbons (Fsp3) is 0.474. The fourth-order valence-corrected chi connectivity index (χ4v) is 3.29. The zero-order valence-electron chi connectivity index (χ0n) is 14.8. The molecule has 3 atom stereocenters. The highest BCUT2D eigenvalue weighted by Gasteiger charge is 2.35. The van der Waals surface area contributed by atoms with Crippen LogP contribution in [0.1, 0.15) is 54.6 Å². The van der Waals surface area contributed by atoms with Crippen molar-refractivity contribution in [1.29, 1.82) is 0 Å². The third kappa shape index (κ3) is 3.78. The van der Waals surface area contributed by atoms with Crippen molar-refractivity contribution in [3.8, 4) is 0 Å². The van der Waals surface area contributed by atoms with E-state index in [0.29, 0.717) is 18.0 Å². The number of rotatable bonds is 4. The molecule has 0 unspecified atom stereocenters. The number of piperidine rings is 1. The molecule has 6 nitrogen and oxygen atoms in total. The second-order valence-corrected chi connectivity index (χ2v) is 6.83. The summed E-state index contributed by atoms with van der Waals surface area (Å²) in [5, 5.41) is 2.75. The molecule has 0 radical (unpaired) electrons. The van der Waals surface area contributed by atoms with Crippen molar-refractivity contribution in [2.75, 3.05) is 6.54 Å². The van der Waals surface area contributed by atoms with Gasteiger partial charge in [0.05, 0.1) is 17.9 Å². The number of nitrogens with one attached hydrogen (secondary N) is 1. The Kier molecular flexibility index (Phi) is 4.97. The highest BCUT2D eigenvalue weighted by Crippen LogP contribution is 2.35. The van der Waals surface area contributed by atoms with Crippen molar-refractivity contribution < 1.29 is 18.4 Å². The molecule has 1 aliphatic rings. The molecule has 3 heterocycles. The first kappa shape index (κ1) is 17.3. The number of carbonyl (C=O) groups excluding carboxylic acids is 2. The Morgan fingerprint density at radius 1 is 1.32 bits per heavy atom. The Bertz CT molecular complexity index is 734. The first-order valence-electron chi connectivity index (χ1n) is 8.65. The van der Waals surface area contributed by atoms with Gasteiger partial charge in [-0.15, -0.1) is 0 Å². The van der Waals surface area contributed by atoms with Gasteiger partial charge in [0.25, 0.3) is 5.91 Å². The van der Waals surface area contributed by atoms with E-state index < -0.39 is 6.04 Å². The topological polar surface area (TPSA) is 75.7 Å². The Morgan fingerprint density at radius 2 is 2.12 bits per heavy atom. The maximum absolute atomic E-state index is 12.9. The normalized spacial score (nSPS) is 21.8. The minimum absolute atomic E-state index is 0.0850. The molecule has 2 amide bonds. The average Bonchev–Trinajstić information content (AvgIpc) is 3.25. The fourth-order valence-electron chi connectivity index (χ4n) is 3.29. The minimum atomic E-state index is -0.616. The number of hydrogen-bond acceptors (Lipinski definition) is 4. The van der Waals surface area contributed by atoms with E-state index in [4.69, 9.17) is 8.83 Å². The Labute approximate surface area is 147 Å². The summed E-state index contributed by atoms with van der Waals surface area (Å²) in [5.41, 5.74) is 0.408. The monoisotopic (exact) mass is 344 g/mol. The van der Waals surface area contributed by atoms with Gasteiger partial charge in [0.2, 0.25) is 5.91 Å². The van der Waals surface area contributed by atoms with Crippen LogP contribution in [0.4, 0.5) is 0 Å². The summed E-state index contributed by atoms with van der Waals surface area (Å²) in [5.74, 6) is 1.76. The highest BCUT2D eigenvalue weighted by molar-refractivity contribution is 5.97. The van der Waals surface area contributed by atoms with E-state index >= 15 is 0 Å². The summed E-state index contributed by atoms with van der Waals surface area (Å²) in [6.45, 7) is 6.46. The van der Waals surface area contributed by atoms with Crippen LogP contribution in [0.15, 0.2) is 39.6 Å². The van der Waals surface area contributed by atoms with Crippen LogP contribution in [0.3, 0.4) is 0 Å². The number of likely N-dealkylation sites (tertiary alicyclic amines) is 1. The third-order valence-electron chi connectivity index (χ3n) is 4.74. The molecular weight excluding hydrogens is 320 g/mol. The number of carbonyl (C=O) groups is 2. The van der Waals surface area contributed by atoms with Gasteiger partial charge in [0.15, 0.2) is 0 Å². The highest BCUT2D eigenvalue weighted by atomic mass is 16.3. The molecule has 134 valence electrons. The van der Waals surface area contributed by atoms with Gasteiger partial charge >= 0.3 is 0 Å². The predicted octanol–water partition coefficient (Wildman–Crippen LogP) is 3.30. The summed E-state index contributed by atoms with van der Waals surface area (Å²) in [4.78, 5) is 26.9. The van der Waals surface area contributed by atoms with E-state index in [0.717, 1.165) is 24.4 Å². The molecule has 0 saturated carbocycles. The predicted molar refractivity (Wildman–Crippen MR) is 91.9 cm³/mol. The molecule has 0 aromatic carbocycles. The van der Waals surface area contributed by atoms with Crippen LogP contribution in [0.2, 0.25) is 0 Å². The van der Waals surface area contributed by atoms with Crippen LogP contribution in [0, 0.1) is 12.8 Å². The van der Waals surface area contributed by atoms with E-state index in [2.05, 4.69) is 12.2 Å². The number of amides is 2. The molecule has 0 spiro atoms. The third-order valence-corrected chi connectivity index (χ3v) is 4.74. The average molecular weight is 344 g/mol. The van der Waals surface area contributed by atoms with Gasteiger partial charge in [0.1, 0.15) is 23.8 Å². The molecule has 2 aromatic heterocycles. The number of aryl methyl sites for hydroxylation is 1. The molecule has 0 bridgehead atoms. The molecule has 6 heteroatoms. The van der Waals surface area contributed by atoms with Gasteiger partial charge in [-0.1, -0.05) is 6.92 Å². The van der Waals surface area contributed by atoms with Gasteiger partial charge in [-0.2, -0.15) is 0 Å². The first-order valence-corrected chi connectivity index (χ1v) is 8.65. The number of nitrogens with zero attached hydrogens (tertiary/aromatic N) is 1. The summed E-state index contributed by atoms with van der Waals surface area (Å²) in [6.07, 6.45) is 4.61. The van der Waals surface area contributed by atoms with Crippen LogP contribution in [0.5, 0.6) is 0 Å². The first-order chi connectivity index (χ1) is 12.0. The Morgan fingerprint density at radius 3 is 2.76 bits per heavy atom. The zero-order chi connectivity index (χ0) is 18.0. The SMILES string of the molecule is Cc1ccc([C@@H]2C[C@@H](C)CCN2C(=O)[C@H](C)NC(=O)c2ccoc2)o1. The molecule has 0 aliphatic carbocycles. The van der Waals surface area contributed by atoms with Crippen molar-refractivity contribution in [3.63, 3.8) is 0 Å². The zero-order valence-corrected chi connectivity index (χ0v) is 14.8. The lowest BCUT2D eigenvalue weighted by Gasteiger charge is -2.38. The molecular formula is C19H24N2O4. The second-order valence-electron chi connectivity index (χ2n) is 6.83. The van der Waals surface area contributed by atoms with Crippen LogP contribution in [0.25, 0.3) is 0 Å². The minimum Gasteiger partial charge on any atom is -0.472 e. The van der Waals surface area contributed by atoms with Crippen molar-refractivity contribution >= 4 is 11.8 Å². The van der Waals surface area contributed by atoms with Crippen molar-refractivity contribution in [2.24, 2.45) is 5.92 Å². The Balaban J connectivity index is 1.73. The van der Waals surface area contributed by atoms with E-state index in [1.807, 2.05) is 24.0 Å². The van der Waals surface area contributed by atoms with Crippen LogP contribution in [-0.4, -0.2) is 29.3 Å². The van der Waals surface area contributed by atoms with Crippen LogP contribution >= 0.6 is 0 Å². The maximum atomic E-state index is 12.9. The quantitative estimate of drug-likeness (QED) is 0.923. The van der Waals surface area contributed by atoms with Crippen molar-refractivity contribution in [3.05, 3.63) is 47.8 Å². The summed E-state index contributed by atoms with van der Waals surface area (Å²) >= 11 is 0. The molecule has 25 heavy (non-hydrogen) atoms. The molecule has 1 saturated heterocycles. The lowest BCUT2D eigenvalue weighted by atomic mass is 9.90. The summed E-state index contributed by atoms with van der Waals surface area (Å²) < 4.78 is 10.7. The summed E-state index contributed by atoms with van der Waals surface area (Å²) in [6, 6.07) is 4.73. The standard InChI is InChI=1S/C19H24N2O4/c1-12-6-8-21(16(10-12)17-5-4-13(2)25-17)19(23)14(3)20-18(22)15-7-9-24-11-15/h4-5,7,9,11-12,14,16H,6,8,10H2,1-3H3,(H,20,22)/t12-,14-,16-/m0/s1. The molecule has 2 aromatic rings. The molecule has 1 N–H and O–H groups in total. The van der Waals surface area contributed by atoms with Crippen LogP contribution in [-0.2, 0) is 4.79 Å². The lowest BCUT2D eigenvalue weighted by molar-refractivity contribution is -0.138. The lowest BCUT2D eigenvalue weighted by Crippen LogP contribution is -2.50. The summed E-state index contributed by atoms with van der Waals surface area (Å²) in [7, 11) is 0. The van der Waals surface area contributed by atoms with Crippen LogP contribution < -0.4 is 5.32 Å². The largest absolute Gasteiger partial charge is 0.472 e. The second kappa shape index (κ2) is 7.17. The number of hydrogen-bond donors (Lipinski definition) is 1. The maximum Gasteiger partial charge on any atom is 0.255 e. The van der Waals surface area contributed by atoms with Gasteiger partial charge < -0.3 is 19.1 Å². The molecule has 1 fully saturated rings. The van der Waals surface area contributed by atoms with E-state index in [1.165, 1.54) is 12.5 Å². The van der Waals surface area contributed by atoms with Gasteiger partial charge in [-0.25, -0.2) is 0 Å². The van der Waals surface area contributed by atoms with Gasteiger partial charge in [-0.05, 0) is 50.8 Å². The molecule has 1 aliphatic heterocycles. The smallest absolute Gasteiger partial charge is 0.255 e. The van der Waals surface area contributed by atoms with Gasteiger partial charge in [-0.3, -0.25) is 9.59 Å². The van der Waals surface area contributed by atoms with Gasteiger partial charge in [0, 0.05) is 6.54 Å². The molecule has 3 rings (SSSR count). The van der Waals surface area contributed by atoms with E-state index in [1.54, 1.807) is 13.0 Å².